The monoisotopic (exact) mass is 209 g/mol. The van der Waals surface area contributed by atoms with Gasteiger partial charge in [0.15, 0.2) is 0 Å². The van der Waals surface area contributed by atoms with Gasteiger partial charge in [0, 0.05) is 17.3 Å². The zero-order chi connectivity index (χ0) is 10.6. The molecule has 1 rings (SSSR count). The number of anilines is 1. The van der Waals surface area contributed by atoms with E-state index < -0.39 is 0 Å². The Morgan fingerprint density at radius 2 is 2.14 bits per heavy atom. The molecule has 0 bridgehead atoms. The van der Waals surface area contributed by atoms with Gasteiger partial charge in [0.2, 0.25) is 0 Å². The lowest BCUT2D eigenvalue weighted by Gasteiger charge is -2.11. The van der Waals surface area contributed by atoms with Crippen molar-refractivity contribution in [2.24, 2.45) is 0 Å². The third kappa shape index (κ3) is 2.43. The smallest absolute Gasteiger partial charge is 0.0718 e. The summed E-state index contributed by atoms with van der Waals surface area (Å²) in [5.74, 6) is 0. The van der Waals surface area contributed by atoms with Crippen LogP contribution in [0.2, 0.25) is 5.02 Å². The van der Waals surface area contributed by atoms with Crippen molar-refractivity contribution in [3.05, 3.63) is 28.3 Å². The van der Waals surface area contributed by atoms with Crippen molar-refractivity contribution in [1.82, 2.24) is 0 Å². The lowest BCUT2D eigenvalue weighted by atomic mass is 9.92. The number of nitrogens with two attached hydrogens (primary N) is 1. The summed E-state index contributed by atoms with van der Waals surface area (Å²) in [6.45, 7) is 0.167. The van der Waals surface area contributed by atoms with E-state index in [0.717, 1.165) is 17.5 Å². The van der Waals surface area contributed by atoms with Gasteiger partial charge in [0.25, 0.3) is 0 Å². The fourth-order valence-corrected chi connectivity index (χ4v) is 1.62. The standard InChI is InChI=1S/C10H13BClNO/c11-6-8-9(12)4-3-7(10(8)13)2-1-5-14/h3-4,14H,1-2,5-6,13H2. The molecule has 0 unspecified atom stereocenters. The van der Waals surface area contributed by atoms with Gasteiger partial charge >= 0.3 is 0 Å². The van der Waals surface area contributed by atoms with Gasteiger partial charge in [0.1, 0.15) is 0 Å². The molecule has 0 amide bonds. The number of nitrogen functional groups attached to an aromatic ring is 1. The van der Waals surface area contributed by atoms with Gasteiger partial charge in [-0.15, -0.1) is 0 Å². The van der Waals surface area contributed by atoms with Crippen LogP contribution in [0.3, 0.4) is 0 Å². The van der Waals surface area contributed by atoms with Gasteiger partial charge in [-0.2, -0.15) is 0 Å². The van der Waals surface area contributed by atoms with Gasteiger partial charge in [-0.3, -0.25) is 0 Å². The van der Waals surface area contributed by atoms with E-state index in [1.807, 2.05) is 6.07 Å². The van der Waals surface area contributed by atoms with Crippen molar-refractivity contribution in [3.63, 3.8) is 0 Å². The predicted molar refractivity (Wildman–Crippen MR) is 60.7 cm³/mol. The second-order valence-corrected chi connectivity index (χ2v) is 3.54. The first-order valence-electron chi connectivity index (χ1n) is 4.57. The maximum atomic E-state index is 8.71. The van der Waals surface area contributed by atoms with Crippen LogP contribution < -0.4 is 5.73 Å². The third-order valence-electron chi connectivity index (χ3n) is 2.20. The molecule has 2 radical (unpaired) electrons. The van der Waals surface area contributed by atoms with Crippen molar-refractivity contribution in [2.75, 3.05) is 12.3 Å². The maximum absolute atomic E-state index is 8.71. The number of rotatable bonds is 4. The van der Waals surface area contributed by atoms with Gasteiger partial charge in [-0.05, 0) is 30.0 Å². The number of halogens is 1. The molecule has 0 saturated heterocycles. The van der Waals surface area contributed by atoms with Crippen molar-refractivity contribution < 1.29 is 5.11 Å². The second-order valence-electron chi connectivity index (χ2n) is 3.13. The summed E-state index contributed by atoms with van der Waals surface area (Å²) in [4.78, 5) is 0. The summed E-state index contributed by atoms with van der Waals surface area (Å²) >= 11 is 5.93. The Balaban J connectivity index is 2.96. The van der Waals surface area contributed by atoms with Gasteiger partial charge < -0.3 is 10.8 Å². The van der Waals surface area contributed by atoms with E-state index in [1.165, 1.54) is 0 Å². The molecule has 0 aliphatic carbocycles. The Hall–Kier alpha value is -0.665. The van der Waals surface area contributed by atoms with Crippen LogP contribution in [-0.4, -0.2) is 19.6 Å². The van der Waals surface area contributed by atoms with Crippen LogP contribution in [0, 0.1) is 0 Å². The van der Waals surface area contributed by atoms with Crippen LogP contribution in [0.1, 0.15) is 17.5 Å². The summed E-state index contributed by atoms with van der Waals surface area (Å²) in [7, 11) is 5.54. The molecular weight excluding hydrogens is 196 g/mol. The Morgan fingerprint density at radius 1 is 1.43 bits per heavy atom. The molecule has 4 heteroatoms. The molecule has 0 saturated carbocycles. The molecule has 0 aliphatic rings. The number of aryl methyl sites for hydroxylation is 1. The molecule has 14 heavy (non-hydrogen) atoms. The molecular formula is C10H13BClNO. The Bertz CT molecular complexity index is 317. The number of hydrogen-bond acceptors (Lipinski definition) is 2. The number of aliphatic hydroxyl groups is 1. The van der Waals surface area contributed by atoms with Gasteiger partial charge in [0.05, 0.1) is 7.85 Å². The predicted octanol–water partition coefficient (Wildman–Crippen LogP) is 1.52. The highest BCUT2D eigenvalue weighted by atomic mass is 35.5. The molecule has 0 spiro atoms. The molecule has 1 aromatic rings. The van der Waals surface area contributed by atoms with Gasteiger partial charge in [-0.1, -0.05) is 24.0 Å². The van der Waals surface area contributed by atoms with E-state index in [0.29, 0.717) is 23.5 Å². The molecule has 2 nitrogen and oxygen atoms in total. The highest BCUT2D eigenvalue weighted by molar-refractivity contribution is 6.32. The van der Waals surface area contributed by atoms with Crippen LogP contribution in [0.15, 0.2) is 12.1 Å². The van der Waals surface area contributed by atoms with Crippen LogP contribution >= 0.6 is 11.6 Å². The lowest BCUT2D eigenvalue weighted by Crippen LogP contribution is -2.02. The summed E-state index contributed by atoms with van der Waals surface area (Å²) < 4.78 is 0. The minimum atomic E-state index is 0.167. The fraction of sp³-hybridized carbons (Fsp3) is 0.400. The van der Waals surface area contributed by atoms with Crippen LogP contribution in [0.4, 0.5) is 5.69 Å². The number of aliphatic hydroxyl groups excluding tert-OH is 1. The first kappa shape index (κ1) is 11.4. The molecule has 74 valence electrons. The Kier molecular flexibility index (Phi) is 4.30. The van der Waals surface area contributed by atoms with E-state index in [2.05, 4.69) is 0 Å². The van der Waals surface area contributed by atoms with Crippen molar-refractivity contribution in [1.29, 1.82) is 0 Å². The first-order valence-corrected chi connectivity index (χ1v) is 4.95. The second kappa shape index (κ2) is 5.27. The Labute approximate surface area is 90.5 Å². The largest absolute Gasteiger partial charge is 0.398 e. The zero-order valence-electron chi connectivity index (χ0n) is 7.96. The third-order valence-corrected chi connectivity index (χ3v) is 2.55. The maximum Gasteiger partial charge on any atom is 0.0718 e. The summed E-state index contributed by atoms with van der Waals surface area (Å²) in [5.41, 5.74) is 8.35. The van der Waals surface area contributed by atoms with Crippen molar-refractivity contribution >= 4 is 25.1 Å². The summed E-state index contributed by atoms with van der Waals surface area (Å²) in [5, 5.41) is 9.32. The van der Waals surface area contributed by atoms with Crippen molar-refractivity contribution in [3.8, 4) is 0 Å². The van der Waals surface area contributed by atoms with E-state index in [4.69, 9.17) is 30.3 Å². The average molecular weight is 209 g/mol. The summed E-state index contributed by atoms with van der Waals surface area (Å²) in [6.07, 6.45) is 1.81. The quantitative estimate of drug-likeness (QED) is 0.583. The minimum Gasteiger partial charge on any atom is -0.398 e. The lowest BCUT2D eigenvalue weighted by molar-refractivity contribution is 0.288. The molecule has 0 fully saturated rings. The van der Waals surface area contributed by atoms with Crippen LogP contribution in [-0.2, 0) is 12.7 Å². The minimum absolute atomic E-state index is 0.167. The summed E-state index contributed by atoms with van der Waals surface area (Å²) in [6, 6.07) is 3.68. The molecule has 3 N–H and O–H groups in total. The number of hydrogen-bond donors (Lipinski definition) is 2. The van der Waals surface area contributed by atoms with E-state index >= 15 is 0 Å². The van der Waals surface area contributed by atoms with E-state index in [1.54, 1.807) is 6.07 Å². The zero-order valence-corrected chi connectivity index (χ0v) is 8.72. The van der Waals surface area contributed by atoms with E-state index in [-0.39, 0.29) is 6.61 Å². The van der Waals surface area contributed by atoms with Gasteiger partial charge in [-0.25, -0.2) is 0 Å². The topological polar surface area (TPSA) is 46.2 Å². The normalized spacial score (nSPS) is 10.4. The first-order chi connectivity index (χ1) is 6.70. The van der Waals surface area contributed by atoms with Crippen molar-refractivity contribution in [2.45, 2.75) is 19.2 Å². The van der Waals surface area contributed by atoms with Crippen LogP contribution in [0.25, 0.3) is 0 Å². The molecule has 0 atom stereocenters. The molecule has 1 aromatic carbocycles. The fourth-order valence-electron chi connectivity index (χ4n) is 1.38. The Morgan fingerprint density at radius 3 is 2.71 bits per heavy atom. The van der Waals surface area contributed by atoms with Crippen LogP contribution in [0.5, 0.6) is 0 Å². The highest BCUT2D eigenvalue weighted by Gasteiger charge is 2.07. The van der Waals surface area contributed by atoms with E-state index in [9.17, 15) is 0 Å². The molecule has 0 aliphatic heterocycles. The highest BCUT2D eigenvalue weighted by Crippen LogP contribution is 2.26. The molecule has 0 aromatic heterocycles. The average Bonchev–Trinajstić information content (AvgIpc) is 2.18. The molecule has 0 heterocycles. The SMILES string of the molecule is [B]Cc1c(Cl)ccc(CCCO)c1N. The number of benzene rings is 1.